The number of nitrogens with one attached hydrogen (secondary N) is 1. The molecule has 1 amide bonds. The molecular weight excluding hydrogens is 472 g/mol. The molecule has 0 bridgehead atoms. The quantitative estimate of drug-likeness (QED) is 0.344. The third-order valence-corrected chi connectivity index (χ3v) is 7.11. The van der Waals surface area contributed by atoms with Crippen LogP contribution in [-0.2, 0) is 11.2 Å². The zero-order valence-corrected chi connectivity index (χ0v) is 22.4. The first-order valence-electron chi connectivity index (χ1n) is 12.6. The average molecular weight is 507 g/mol. The number of amides is 1. The van der Waals surface area contributed by atoms with E-state index in [1.165, 1.54) is 5.56 Å². The molecule has 5 nitrogen and oxygen atoms in total. The van der Waals surface area contributed by atoms with Crippen molar-refractivity contribution in [3.63, 3.8) is 0 Å². The van der Waals surface area contributed by atoms with E-state index in [1.54, 1.807) is 7.11 Å². The van der Waals surface area contributed by atoms with Gasteiger partial charge in [0.1, 0.15) is 0 Å². The summed E-state index contributed by atoms with van der Waals surface area (Å²) in [5.41, 5.74) is 5.00. The van der Waals surface area contributed by atoms with Crippen molar-refractivity contribution in [3.05, 3.63) is 87.9 Å². The number of methoxy groups -OCH3 is 1. The lowest BCUT2D eigenvalue weighted by molar-refractivity contribution is -0.118. The van der Waals surface area contributed by atoms with Crippen molar-refractivity contribution in [1.29, 1.82) is 0 Å². The fourth-order valence-corrected chi connectivity index (χ4v) is 4.85. The Morgan fingerprint density at radius 3 is 2.33 bits per heavy atom. The van der Waals surface area contributed by atoms with Gasteiger partial charge in [-0.25, -0.2) is 0 Å². The van der Waals surface area contributed by atoms with Gasteiger partial charge in [0.15, 0.2) is 11.5 Å². The maximum atomic E-state index is 13.7. The van der Waals surface area contributed by atoms with Gasteiger partial charge in [-0.3, -0.25) is 4.79 Å². The second-order valence-corrected chi connectivity index (χ2v) is 9.74. The maximum Gasteiger partial charge on any atom is 0.232 e. The SMILES string of the molecule is CCNC(C)c1ccc(N2C(=O)Cc3cc(OC)c(O[C@H](C)CC)cc3C2c2ccc(Cl)cc2)cc1. The van der Waals surface area contributed by atoms with Crippen LogP contribution in [0.5, 0.6) is 11.5 Å². The van der Waals surface area contributed by atoms with Crippen molar-refractivity contribution < 1.29 is 14.3 Å². The van der Waals surface area contributed by atoms with Crippen LogP contribution in [0.3, 0.4) is 0 Å². The molecule has 0 saturated carbocycles. The Labute approximate surface area is 219 Å². The lowest BCUT2D eigenvalue weighted by Gasteiger charge is -2.38. The Hall–Kier alpha value is -3.02. The monoisotopic (exact) mass is 506 g/mol. The highest BCUT2D eigenvalue weighted by Crippen LogP contribution is 2.44. The molecule has 3 aromatic carbocycles. The first-order chi connectivity index (χ1) is 17.4. The summed E-state index contributed by atoms with van der Waals surface area (Å²) < 4.78 is 11.9. The first-order valence-corrected chi connectivity index (χ1v) is 13.0. The molecule has 0 radical (unpaired) electrons. The second-order valence-electron chi connectivity index (χ2n) is 9.30. The van der Waals surface area contributed by atoms with Gasteiger partial charge in [-0.1, -0.05) is 49.7 Å². The molecule has 3 aromatic rings. The van der Waals surface area contributed by atoms with Gasteiger partial charge < -0.3 is 19.7 Å². The van der Waals surface area contributed by atoms with Crippen molar-refractivity contribution in [2.45, 2.75) is 58.7 Å². The van der Waals surface area contributed by atoms with E-state index in [-0.39, 0.29) is 30.5 Å². The van der Waals surface area contributed by atoms with Gasteiger partial charge in [-0.15, -0.1) is 0 Å². The van der Waals surface area contributed by atoms with Crippen LogP contribution in [0, 0.1) is 0 Å². The average Bonchev–Trinajstić information content (AvgIpc) is 2.88. The standard InChI is InChI=1S/C30H35ClN2O3/c1-6-19(3)36-28-18-26-23(16-27(28)35-5)17-29(34)33(30(26)22-8-12-24(31)13-9-22)25-14-10-21(11-15-25)20(4)32-7-2/h8-16,18-20,30,32H,6-7,17H2,1-5H3/t19-,20?,30?/m1/s1. The van der Waals surface area contributed by atoms with E-state index in [4.69, 9.17) is 21.1 Å². The van der Waals surface area contributed by atoms with Crippen molar-refractivity contribution >= 4 is 23.2 Å². The molecule has 0 aromatic heterocycles. The van der Waals surface area contributed by atoms with Gasteiger partial charge in [0.05, 0.1) is 25.7 Å². The van der Waals surface area contributed by atoms with Gasteiger partial charge in [0.25, 0.3) is 0 Å². The normalized spacial score (nSPS) is 16.9. The second kappa shape index (κ2) is 11.4. The van der Waals surface area contributed by atoms with E-state index < -0.39 is 0 Å². The fraction of sp³-hybridized carbons (Fsp3) is 0.367. The largest absolute Gasteiger partial charge is 0.493 e. The molecule has 1 N–H and O–H groups in total. The van der Waals surface area contributed by atoms with Crippen LogP contribution in [0.4, 0.5) is 5.69 Å². The van der Waals surface area contributed by atoms with Crippen molar-refractivity contribution in [2.24, 2.45) is 0 Å². The fourth-order valence-electron chi connectivity index (χ4n) is 4.72. The highest BCUT2D eigenvalue weighted by atomic mass is 35.5. The van der Waals surface area contributed by atoms with Crippen molar-refractivity contribution in [1.82, 2.24) is 5.32 Å². The van der Waals surface area contributed by atoms with E-state index in [1.807, 2.05) is 60.4 Å². The topological polar surface area (TPSA) is 50.8 Å². The van der Waals surface area contributed by atoms with Crippen LogP contribution < -0.4 is 19.7 Å². The molecule has 4 rings (SSSR count). The van der Waals surface area contributed by atoms with Gasteiger partial charge in [0.2, 0.25) is 5.91 Å². The number of ether oxygens (including phenoxy) is 2. The number of fused-ring (bicyclic) bond motifs is 1. The molecule has 190 valence electrons. The Balaban J connectivity index is 1.84. The van der Waals surface area contributed by atoms with E-state index in [2.05, 4.69) is 38.2 Å². The number of carbonyl (C=O) groups excluding carboxylic acids is 1. The van der Waals surface area contributed by atoms with Crippen LogP contribution >= 0.6 is 11.6 Å². The number of nitrogens with zero attached hydrogens (tertiary/aromatic N) is 1. The number of benzene rings is 3. The predicted octanol–water partition coefficient (Wildman–Crippen LogP) is 6.88. The summed E-state index contributed by atoms with van der Waals surface area (Å²) in [6, 6.07) is 19.9. The molecule has 1 heterocycles. The lowest BCUT2D eigenvalue weighted by atomic mass is 9.86. The minimum absolute atomic E-state index is 0.0348. The molecular formula is C30H35ClN2O3. The molecule has 0 aliphatic carbocycles. The summed E-state index contributed by atoms with van der Waals surface area (Å²) in [6.45, 7) is 9.27. The number of hydrogen-bond donors (Lipinski definition) is 1. The minimum atomic E-state index is -0.319. The molecule has 0 spiro atoms. The van der Waals surface area contributed by atoms with Gasteiger partial charge in [-0.05, 0) is 85.5 Å². The zero-order valence-electron chi connectivity index (χ0n) is 21.7. The van der Waals surface area contributed by atoms with E-state index in [0.29, 0.717) is 16.5 Å². The van der Waals surface area contributed by atoms with Gasteiger partial charge in [-0.2, -0.15) is 0 Å². The number of hydrogen-bond acceptors (Lipinski definition) is 4. The molecule has 0 saturated heterocycles. The highest BCUT2D eigenvalue weighted by molar-refractivity contribution is 6.30. The summed E-state index contributed by atoms with van der Waals surface area (Å²) in [5, 5.41) is 4.10. The molecule has 6 heteroatoms. The third-order valence-electron chi connectivity index (χ3n) is 6.86. The van der Waals surface area contributed by atoms with Crippen LogP contribution in [0.2, 0.25) is 5.02 Å². The molecule has 1 aliphatic rings. The van der Waals surface area contributed by atoms with E-state index in [9.17, 15) is 4.79 Å². The Morgan fingerprint density at radius 1 is 1.03 bits per heavy atom. The molecule has 0 fully saturated rings. The zero-order chi connectivity index (χ0) is 25.8. The highest BCUT2D eigenvalue weighted by Gasteiger charge is 2.36. The molecule has 36 heavy (non-hydrogen) atoms. The summed E-state index contributed by atoms with van der Waals surface area (Å²) in [5.74, 6) is 1.37. The minimum Gasteiger partial charge on any atom is -0.493 e. The first kappa shape index (κ1) is 26.1. The number of carbonyl (C=O) groups is 1. The molecule has 2 unspecified atom stereocenters. The molecule has 1 aliphatic heterocycles. The smallest absolute Gasteiger partial charge is 0.232 e. The van der Waals surface area contributed by atoms with E-state index >= 15 is 0 Å². The third kappa shape index (κ3) is 5.37. The van der Waals surface area contributed by atoms with Crippen molar-refractivity contribution in [3.8, 4) is 11.5 Å². The summed E-state index contributed by atoms with van der Waals surface area (Å²) in [4.78, 5) is 15.5. The Bertz CT molecular complexity index is 1190. The Kier molecular flexibility index (Phi) is 8.22. The summed E-state index contributed by atoms with van der Waals surface area (Å²) in [6.07, 6.45) is 1.21. The van der Waals surface area contributed by atoms with E-state index in [0.717, 1.165) is 35.3 Å². The maximum absolute atomic E-state index is 13.7. The van der Waals surface area contributed by atoms with Gasteiger partial charge in [0, 0.05) is 16.8 Å². The van der Waals surface area contributed by atoms with Gasteiger partial charge >= 0.3 is 0 Å². The van der Waals surface area contributed by atoms with Crippen LogP contribution in [0.1, 0.15) is 68.5 Å². The number of rotatable bonds is 9. The lowest BCUT2D eigenvalue weighted by Crippen LogP contribution is -2.41. The Morgan fingerprint density at radius 2 is 1.72 bits per heavy atom. The molecule has 3 atom stereocenters. The number of halogens is 1. The van der Waals surface area contributed by atoms with Crippen LogP contribution in [0.25, 0.3) is 0 Å². The number of anilines is 1. The van der Waals surface area contributed by atoms with Crippen molar-refractivity contribution in [2.75, 3.05) is 18.6 Å². The summed E-state index contributed by atoms with van der Waals surface area (Å²) in [7, 11) is 1.63. The summed E-state index contributed by atoms with van der Waals surface area (Å²) >= 11 is 6.22. The van der Waals surface area contributed by atoms with Crippen LogP contribution in [-0.4, -0.2) is 25.7 Å². The van der Waals surface area contributed by atoms with Crippen LogP contribution in [0.15, 0.2) is 60.7 Å². The predicted molar refractivity (Wildman–Crippen MR) is 146 cm³/mol.